The van der Waals surface area contributed by atoms with E-state index < -0.39 is 5.97 Å². The van der Waals surface area contributed by atoms with Gasteiger partial charge in [0.25, 0.3) is 0 Å². The van der Waals surface area contributed by atoms with Gasteiger partial charge in [0.1, 0.15) is 0 Å². The van der Waals surface area contributed by atoms with Gasteiger partial charge < -0.3 is 20.5 Å². The monoisotopic (exact) mass is 424 g/mol. The highest BCUT2D eigenvalue weighted by Gasteiger charge is 2.10. The van der Waals surface area contributed by atoms with E-state index in [1.54, 1.807) is 25.3 Å². The van der Waals surface area contributed by atoms with Gasteiger partial charge in [0, 0.05) is 37.5 Å². The molecule has 0 amide bonds. The predicted molar refractivity (Wildman–Crippen MR) is 121 cm³/mol. The van der Waals surface area contributed by atoms with Crippen molar-refractivity contribution in [1.29, 1.82) is 0 Å². The molecule has 30 heavy (non-hydrogen) atoms. The number of rotatable bonds is 10. The molecule has 3 aromatic rings. The van der Waals surface area contributed by atoms with E-state index in [1.807, 2.05) is 54.6 Å². The summed E-state index contributed by atoms with van der Waals surface area (Å²) >= 11 is 6.06. The summed E-state index contributed by atoms with van der Waals surface area (Å²) in [6.07, 6.45) is -0.0615. The highest BCUT2D eigenvalue weighted by molar-refractivity contribution is 6.30. The standard InChI is InChI=1S/C24H25ClN2O3/c1-30-23(19-7-3-9-21(25)14-19)16-26-11-12-27-22-10-4-6-18(15-22)17-5-2-8-20(13-17)24(28)29/h2-10,13-15,23,26-27H,11-12,16H2,1H3,(H,28,29). The van der Waals surface area contributed by atoms with Crippen LogP contribution in [0, 0.1) is 0 Å². The molecule has 0 saturated heterocycles. The highest BCUT2D eigenvalue weighted by Crippen LogP contribution is 2.24. The van der Waals surface area contributed by atoms with Crippen molar-refractivity contribution in [3.05, 3.63) is 88.9 Å². The molecule has 3 aromatic carbocycles. The first kappa shape index (κ1) is 21.8. The molecule has 5 nitrogen and oxygen atoms in total. The summed E-state index contributed by atoms with van der Waals surface area (Å²) < 4.78 is 5.56. The van der Waals surface area contributed by atoms with Crippen LogP contribution in [0.5, 0.6) is 0 Å². The summed E-state index contributed by atoms with van der Waals surface area (Å²) in [6.45, 7) is 2.18. The molecule has 0 heterocycles. The fourth-order valence-electron chi connectivity index (χ4n) is 3.21. The number of anilines is 1. The maximum absolute atomic E-state index is 11.2. The minimum Gasteiger partial charge on any atom is -0.478 e. The van der Waals surface area contributed by atoms with E-state index in [1.165, 1.54) is 0 Å². The number of halogens is 1. The zero-order valence-corrected chi connectivity index (χ0v) is 17.5. The first-order chi connectivity index (χ1) is 14.6. The zero-order valence-electron chi connectivity index (χ0n) is 16.8. The first-order valence-corrected chi connectivity index (χ1v) is 10.1. The maximum atomic E-state index is 11.2. The normalized spacial score (nSPS) is 11.8. The Morgan fingerprint density at radius 3 is 2.47 bits per heavy atom. The number of benzene rings is 3. The van der Waals surface area contributed by atoms with Crippen molar-refractivity contribution >= 4 is 23.3 Å². The van der Waals surface area contributed by atoms with E-state index in [2.05, 4.69) is 10.6 Å². The predicted octanol–water partition coefficient (Wildman–Crippen LogP) is 5.09. The topological polar surface area (TPSA) is 70.6 Å². The number of ether oxygens (including phenoxy) is 1. The maximum Gasteiger partial charge on any atom is 0.335 e. The average molecular weight is 425 g/mol. The molecule has 0 aliphatic rings. The second kappa shape index (κ2) is 10.8. The SMILES string of the molecule is COC(CNCCNc1cccc(-c2cccc(C(=O)O)c2)c1)c1cccc(Cl)c1. The Bertz CT molecular complexity index is 993. The van der Waals surface area contributed by atoms with Crippen LogP contribution in [0.15, 0.2) is 72.8 Å². The Morgan fingerprint density at radius 1 is 1.00 bits per heavy atom. The van der Waals surface area contributed by atoms with Crippen LogP contribution in [0.1, 0.15) is 22.0 Å². The molecule has 1 atom stereocenters. The van der Waals surface area contributed by atoms with Crippen molar-refractivity contribution in [2.45, 2.75) is 6.10 Å². The average Bonchev–Trinajstić information content (AvgIpc) is 2.76. The molecule has 6 heteroatoms. The second-order valence-electron chi connectivity index (χ2n) is 6.88. The molecule has 0 fully saturated rings. The van der Waals surface area contributed by atoms with E-state index in [0.717, 1.165) is 35.5 Å². The molecular formula is C24H25ClN2O3. The summed E-state index contributed by atoms with van der Waals surface area (Å²) in [6, 6.07) is 22.6. The van der Waals surface area contributed by atoms with Crippen molar-refractivity contribution in [1.82, 2.24) is 5.32 Å². The van der Waals surface area contributed by atoms with Crippen LogP contribution >= 0.6 is 11.6 Å². The molecule has 3 rings (SSSR count). The van der Waals surface area contributed by atoms with Gasteiger partial charge in [-0.05, 0) is 53.1 Å². The van der Waals surface area contributed by atoms with Gasteiger partial charge in [-0.1, -0.05) is 48.0 Å². The van der Waals surface area contributed by atoms with Gasteiger partial charge in [-0.3, -0.25) is 0 Å². The summed E-state index contributed by atoms with van der Waals surface area (Å²) in [7, 11) is 1.69. The van der Waals surface area contributed by atoms with Gasteiger partial charge in [0.2, 0.25) is 0 Å². The van der Waals surface area contributed by atoms with Crippen LogP contribution in [0.25, 0.3) is 11.1 Å². The van der Waals surface area contributed by atoms with Gasteiger partial charge in [-0.15, -0.1) is 0 Å². The van der Waals surface area contributed by atoms with Crippen LogP contribution in [0.2, 0.25) is 5.02 Å². The Kier molecular flexibility index (Phi) is 7.85. The molecular weight excluding hydrogens is 400 g/mol. The lowest BCUT2D eigenvalue weighted by molar-refractivity contribution is 0.0697. The number of carboxylic acids is 1. The van der Waals surface area contributed by atoms with Crippen molar-refractivity contribution in [3.63, 3.8) is 0 Å². The third-order valence-corrected chi connectivity index (χ3v) is 5.01. The number of hydrogen-bond acceptors (Lipinski definition) is 4. The Balaban J connectivity index is 1.51. The van der Waals surface area contributed by atoms with Gasteiger partial charge in [-0.25, -0.2) is 4.79 Å². The van der Waals surface area contributed by atoms with E-state index >= 15 is 0 Å². The Morgan fingerprint density at radius 2 is 1.73 bits per heavy atom. The number of methoxy groups -OCH3 is 1. The number of hydrogen-bond donors (Lipinski definition) is 3. The molecule has 0 radical (unpaired) electrons. The molecule has 0 spiro atoms. The number of carbonyl (C=O) groups is 1. The van der Waals surface area contributed by atoms with Crippen molar-refractivity contribution in [2.75, 3.05) is 32.1 Å². The number of nitrogens with one attached hydrogen (secondary N) is 2. The second-order valence-corrected chi connectivity index (χ2v) is 7.31. The fourth-order valence-corrected chi connectivity index (χ4v) is 3.41. The quantitative estimate of drug-likeness (QED) is 0.395. The third-order valence-electron chi connectivity index (χ3n) is 4.77. The van der Waals surface area contributed by atoms with Gasteiger partial charge in [0.15, 0.2) is 0 Å². The van der Waals surface area contributed by atoms with Crippen LogP contribution in [0.3, 0.4) is 0 Å². The lowest BCUT2D eigenvalue weighted by atomic mass is 10.0. The molecule has 0 aliphatic carbocycles. The van der Waals surface area contributed by atoms with Crippen LogP contribution in [0.4, 0.5) is 5.69 Å². The van der Waals surface area contributed by atoms with E-state index in [9.17, 15) is 9.90 Å². The van der Waals surface area contributed by atoms with E-state index in [0.29, 0.717) is 11.6 Å². The lowest BCUT2D eigenvalue weighted by Crippen LogP contribution is -2.27. The van der Waals surface area contributed by atoms with E-state index in [4.69, 9.17) is 16.3 Å². The molecule has 0 bridgehead atoms. The van der Waals surface area contributed by atoms with Gasteiger partial charge in [0.05, 0.1) is 11.7 Å². The van der Waals surface area contributed by atoms with Gasteiger partial charge >= 0.3 is 5.97 Å². The summed E-state index contributed by atoms with van der Waals surface area (Å²) in [5, 5.41) is 16.7. The van der Waals surface area contributed by atoms with E-state index in [-0.39, 0.29) is 11.7 Å². The molecule has 156 valence electrons. The van der Waals surface area contributed by atoms with Crippen LogP contribution in [-0.4, -0.2) is 37.8 Å². The van der Waals surface area contributed by atoms with Crippen LogP contribution < -0.4 is 10.6 Å². The van der Waals surface area contributed by atoms with Crippen molar-refractivity contribution in [3.8, 4) is 11.1 Å². The van der Waals surface area contributed by atoms with Gasteiger partial charge in [-0.2, -0.15) is 0 Å². The summed E-state index contributed by atoms with van der Waals surface area (Å²) in [5.74, 6) is -0.927. The first-order valence-electron chi connectivity index (χ1n) is 9.73. The molecule has 3 N–H and O–H groups in total. The van der Waals surface area contributed by atoms with Crippen LogP contribution in [-0.2, 0) is 4.74 Å². The molecule has 0 saturated carbocycles. The lowest BCUT2D eigenvalue weighted by Gasteiger charge is -2.17. The minimum absolute atomic E-state index is 0.0615. The van der Waals surface area contributed by atoms with Crippen molar-refractivity contribution in [2.24, 2.45) is 0 Å². The molecule has 0 aromatic heterocycles. The summed E-state index contributed by atoms with van der Waals surface area (Å²) in [4.78, 5) is 11.2. The molecule has 0 aliphatic heterocycles. The largest absolute Gasteiger partial charge is 0.478 e. The third kappa shape index (κ3) is 6.07. The van der Waals surface area contributed by atoms with Crippen molar-refractivity contribution < 1.29 is 14.6 Å². The smallest absolute Gasteiger partial charge is 0.335 e. The highest BCUT2D eigenvalue weighted by atomic mass is 35.5. The zero-order chi connectivity index (χ0) is 21.3. The summed E-state index contributed by atoms with van der Waals surface area (Å²) in [5.41, 5.74) is 4.15. The number of aromatic carboxylic acids is 1. The Hall–Kier alpha value is -2.86. The molecule has 1 unspecified atom stereocenters. The fraction of sp³-hybridized carbons (Fsp3) is 0.208. The Labute approximate surface area is 181 Å². The minimum atomic E-state index is -0.927. The number of carboxylic acid groups (broad SMARTS) is 1.